The first-order chi connectivity index (χ1) is 10.0. The Balaban J connectivity index is 2.74. The zero-order valence-electron chi connectivity index (χ0n) is 12.6. The average Bonchev–Trinajstić information content (AvgIpc) is 2.85. The van der Waals surface area contributed by atoms with Crippen LogP contribution in [0.25, 0.3) is 11.2 Å². The van der Waals surface area contributed by atoms with Crippen LogP contribution in [-0.4, -0.2) is 38.9 Å². The van der Waals surface area contributed by atoms with Crippen LogP contribution in [-0.2, 0) is 31.8 Å². The van der Waals surface area contributed by atoms with Crippen molar-refractivity contribution in [1.29, 1.82) is 0 Å². The molecule has 0 radical (unpaired) electrons. The minimum atomic E-state index is -0.380. The highest BCUT2D eigenvalue weighted by Gasteiger charge is 2.18. The van der Waals surface area contributed by atoms with E-state index in [4.69, 9.17) is 10.5 Å². The molecule has 0 aliphatic heterocycles. The fourth-order valence-electron chi connectivity index (χ4n) is 2.37. The molecule has 0 aliphatic carbocycles. The normalized spacial score (nSPS) is 11.4. The first kappa shape index (κ1) is 15.5. The van der Waals surface area contributed by atoms with Crippen molar-refractivity contribution in [2.45, 2.75) is 19.4 Å². The lowest BCUT2D eigenvalue weighted by atomic mass is 10.3. The van der Waals surface area contributed by atoms with E-state index in [1.165, 1.54) is 11.6 Å². The maximum atomic E-state index is 12.4. The highest BCUT2D eigenvalue weighted by molar-refractivity contribution is 5.71. The molecule has 8 nitrogen and oxygen atoms in total. The fraction of sp³-hybridized carbons (Fsp3) is 0.615. The van der Waals surface area contributed by atoms with Crippen molar-refractivity contribution in [3.8, 4) is 0 Å². The Hall–Kier alpha value is -1.93. The second-order valence-electron chi connectivity index (χ2n) is 4.94. The first-order valence-corrected chi connectivity index (χ1v) is 6.87. The van der Waals surface area contributed by atoms with Gasteiger partial charge in [0.15, 0.2) is 11.2 Å². The third-order valence-electron chi connectivity index (χ3n) is 3.54. The van der Waals surface area contributed by atoms with Crippen molar-refractivity contribution in [1.82, 2.24) is 18.7 Å². The largest absolute Gasteiger partial charge is 0.384 e. The first-order valence-electron chi connectivity index (χ1n) is 6.87. The van der Waals surface area contributed by atoms with Gasteiger partial charge in [-0.3, -0.25) is 13.9 Å². The van der Waals surface area contributed by atoms with Gasteiger partial charge in [-0.25, -0.2) is 9.78 Å². The van der Waals surface area contributed by atoms with Gasteiger partial charge in [0.25, 0.3) is 5.56 Å². The van der Waals surface area contributed by atoms with Gasteiger partial charge in [0.1, 0.15) is 5.82 Å². The van der Waals surface area contributed by atoms with Gasteiger partial charge < -0.3 is 15.0 Å². The van der Waals surface area contributed by atoms with Crippen LogP contribution >= 0.6 is 0 Å². The van der Waals surface area contributed by atoms with E-state index in [0.717, 1.165) is 16.8 Å². The van der Waals surface area contributed by atoms with Crippen LogP contribution in [0.1, 0.15) is 12.2 Å². The van der Waals surface area contributed by atoms with E-state index in [1.54, 1.807) is 14.2 Å². The van der Waals surface area contributed by atoms with E-state index in [-0.39, 0.29) is 11.2 Å². The Bertz CT molecular complexity index is 756. The number of ether oxygens (including phenoxy) is 1. The summed E-state index contributed by atoms with van der Waals surface area (Å²) in [6.45, 7) is 1.62. The number of aromatic nitrogens is 4. The SMILES string of the molecule is COCCc1nc2c(c(=O)n(C)c(=O)n2C)n1CCCN. The maximum Gasteiger partial charge on any atom is 0.332 e. The molecule has 2 rings (SSSR count). The molecule has 2 N–H and O–H groups in total. The number of methoxy groups -OCH3 is 1. The fourth-order valence-corrected chi connectivity index (χ4v) is 2.37. The highest BCUT2D eigenvalue weighted by Crippen LogP contribution is 2.12. The van der Waals surface area contributed by atoms with Gasteiger partial charge in [-0.05, 0) is 13.0 Å². The summed E-state index contributed by atoms with van der Waals surface area (Å²) in [6, 6.07) is 0. The number of fused-ring (bicyclic) bond motifs is 1. The lowest BCUT2D eigenvalue weighted by molar-refractivity contribution is 0.199. The van der Waals surface area contributed by atoms with Gasteiger partial charge in [0.2, 0.25) is 0 Å². The summed E-state index contributed by atoms with van der Waals surface area (Å²) >= 11 is 0. The molecule has 116 valence electrons. The molecule has 0 aliphatic rings. The van der Waals surface area contributed by atoms with Gasteiger partial charge in [-0.15, -0.1) is 0 Å². The number of hydrogen-bond donors (Lipinski definition) is 1. The molecule has 0 atom stereocenters. The lowest BCUT2D eigenvalue weighted by Crippen LogP contribution is -2.37. The molecular weight excluding hydrogens is 274 g/mol. The molecule has 0 saturated carbocycles. The number of nitrogens with zero attached hydrogens (tertiary/aromatic N) is 4. The Morgan fingerprint density at radius 2 is 1.95 bits per heavy atom. The van der Waals surface area contributed by atoms with Crippen molar-refractivity contribution in [2.75, 3.05) is 20.3 Å². The average molecular weight is 295 g/mol. The van der Waals surface area contributed by atoms with Crippen LogP contribution in [0.5, 0.6) is 0 Å². The molecule has 0 aromatic carbocycles. The van der Waals surface area contributed by atoms with Crippen LogP contribution < -0.4 is 17.0 Å². The van der Waals surface area contributed by atoms with Gasteiger partial charge in [0, 0.05) is 34.2 Å². The van der Waals surface area contributed by atoms with Gasteiger partial charge >= 0.3 is 5.69 Å². The minimum absolute atomic E-state index is 0.332. The van der Waals surface area contributed by atoms with E-state index in [1.807, 2.05) is 4.57 Å². The Morgan fingerprint density at radius 3 is 2.57 bits per heavy atom. The van der Waals surface area contributed by atoms with E-state index < -0.39 is 0 Å². The second-order valence-corrected chi connectivity index (χ2v) is 4.94. The van der Waals surface area contributed by atoms with Crippen LogP contribution in [0.2, 0.25) is 0 Å². The molecule has 0 spiro atoms. The zero-order valence-corrected chi connectivity index (χ0v) is 12.6. The molecule has 0 unspecified atom stereocenters. The molecule has 8 heteroatoms. The quantitative estimate of drug-likeness (QED) is 0.735. The molecule has 0 amide bonds. The molecule has 0 fully saturated rings. The van der Waals surface area contributed by atoms with E-state index in [9.17, 15) is 9.59 Å². The monoisotopic (exact) mass is 295 g/mol. The van der Waals surface area contributed by atoms with Crippen molar-refractivity contribution in [3.63, 3.8) is 0 Å². The standard InChI is InChI=1S/C13H21N5O3/c1-16-11-10(12(19)17(2)13(16)20)18(7-4-6-14)9(15-11)5-8-21-3/h4-8,14H2,1-3H3. The van der Waals surface area contributed by atoms with Crippen molar-refractivity contribution < 1.29 is 4.74 Å². The summed E-state index contributed by atoms with van der Waals surface area (Å²) in [6.07, 6.45) is 1.31. The summed E-state index contributed by atoms with van der Waals surface area (Å²) < 4.78 is 9.42. The summed E-state index contributed by atoms with van der Waals surface area (Å²) in [7, 11) is 4.70. The van der Waals surface area contributed by atoms with Gasteiger partial charge in [0.05, 0.1) is 6.61 Å². The second kappa shape index (κ2) is 6.23. The summed E-state index contributed by atoms with van der Waals surface area (Å²) in [4.78, 5) is 28.8. The molecular formula is C13H21N5O3. The third kappa shape index (κ3) is 2.64. The Kier molecular flexibility index (Phi) is 4.59. The number of rotatable bonds is 6. The highest BCUT2D eigenvalue weighted by atomic mass is 16.5. The minimum Gasteiger partial charge on any atom is -0.384 e. The summed E-state index contributed by atoms with van der Waals surface area (Å²) in [5, 5.41) is 0. The molecule has 0 saturated heterocycles. The van der Waals surface area contributed by atoms with Crippen LogP contribution in [0.3, 0.4) is 0 Å². The summed E-state index contributed by atoms with van der Waals surface area (Å²) in [5.74, 6) is 0.735. The van der Waals surface area contributed by atoms with Gasteiger partial charge in [-0.2, -0.15) is 0 Å². The number of aryl methyl sites for hydroxylation is 2. The molecule has 2 heterocycles. The number of imidazole rings is 1. The van der Waals surface area contributed by atoms with E-state index in [2.05, 4.69) is 4.98 Å². The number of hydrogen-bond acceptors (Lipinski definition) is 5. The van der Waals surface area contributed by atoms with E-state index in [0.29, 0.717) is 37.3 Å². The van der Waals surface area contributed by atoms with Crippen molar-refractivity contribution in [3.05, 3.63) is 26.7 Å². The van der Waals surface area contributed by atoms with Crippen LogP contribution in [0.4, 0.5) is 0 Å². The molecule has 0 bridgehead atoms. The van der Waals surface area contributed by atoms with E-state index >= 15 is 0 Å². The Morgan fingerprint density at radius 1 is 1.24 bits per heavy atom. The Labute approximate surface area is 121 Å². The lowest BCUT2D eigenvalue weighted by Gasteiger charge is -2.08. The molecule has 2 aromatic heterocycles. The molecule has 21 heavy (non-hydrogen) atoms. The number of nitrogens with two attached hydrogens (primary N) is 1. The summed E-state index contributed by atoms with van der Waals surface area (Å²) in [5.41, 5.74) is 5.70. The van der Waals surface area contributed by atoms with Crippen LogP contribution in [0, 0.1) is 0 Å². The van der Waals surface area contributed by atoms with Gasteiger partial charge in [-0.1, -0.05) is 0 Å². The zero-order chi connectivity index (χ0) is 15.6. The predicted molar refractivity (Wildman–Crippen MR) is 79.5 cm³/mol. The van der Waals surface area contributed by atoms with Crippen molar-refractivity contribution >= 4 is 11.2 Å². The molecule has 2 aromatic rings. The van der Waals surface area contributed by atoms with Crippen LogP contribution in [0.15, 0.2) is 9.59 Å². The smallest absolute Gasteiger partial charge is 0.332 e. The topological polar surface area (TPSA) is 97.1 Å². The predicted octanol–water partition coefficient (Wildman–Crippen LogP) is -1.03. The third-order valence-corrected chi connectivity index (χ3v) is 3.54. The maximum absolute atomic E-state index is 12.4. The van der Waals surface area contributed by atoms with Crippen molar-refractivity contribution in [2.24, 2.45) is 19.8 Å².